The number of hydrogen-bond acceptors (Lipinski definition) is 4. The van der Waals surface area contributed by atoms with Gasteiger partial charge in [0, 0.05) is 25.0 Å². The maximum atomic E-state index is 12.5. The number of halogens is 2. The van der Waals surface area contributed by atoms with Crippen molar-refractivity contribution in [2.75, 3.05) is 6.54 Å². The zero-order valence-electron chi connectivity index (χ0n) is 15.7. The van der Waals surface area contributed by atoms with E-state index in [2.05, 4.69) is 31.4 Å². The van der Waals surface area contributed by atoms with Gasteiger partial charge in [-0.15, -0.1) is 0 Å². The van der Waals surface area contributed by atoms with Gasteiger partial charge in [0.25, 0.3) is 5.91 Å². The third-order valence-corrected chi connectivity index (χ3v) is 5.71. The first-order valence-corrected chi connectivity index (χ1v) is 10.0. The highest BCUT2D eigenvalue weighted by molar-refractivity contribution is 9.10. The lowest BCUT2D eigenvalue weighted by Gasteiger charge is -2.11. The molecule has 2 aromatic heterocycles. The van der Waals surface area contributed by atoms with Crippen LogP contribution < -0.4 is 10.1 Å². The zero-order valence-corrected chi connectivity index (χ0v) is 18.0. The molecule has 1 N–H and O–H groups in total. The molecule has 0 aliphatic rings. The van der Waals surface area contributed by atoms with Crippen LogP contribution in [0.1, 0.15) is 28.3 Å². The van der Waals surface area contributed by atoms with E-state index in [9.17, 15) is 4.79 Å². The number of ether oxygens (including phenoxy) is 1. The molecular formula is C19H21BrClN5O2. The fourth-order valence-corrected chi connectivity index (χ4v) is 3.21. The average Bonchev–Trinajstić information content (AvgIpc) is 3.25. The number of amides is 1. The Labute approximate surface area is 176 Å². The normalized spacial score (nSPS) is 10.9. The molecule has 9 heteroatoms. The summed E-state index contributed by atoms with van der Waals surface area (Å²) in [5.74, 6) is 0.344. The van der Waals surface area contributed by atoms with E-state index in [0.717, 1.165) is 28.8 Å². The van der Waals surface area contributed by atoms with Gasteiger partial charge >= 0.3 is 0 Å². The van der Waals surface area contributed by atoms with E-state index in [1.165, 1.54) is 4.68 Å². The minimum absolute atomic E-state index is 0.0965. The molecule has 148 valence electrons. The van der Waals surface area contributed by atoms with Gasteiger partial charge in [0.05, 0.1) is 15.2 Å². The van der Waals surface area contributed by atoms with Crippen molar-refractivity contribution in [2.24, 2.45) is 0 Å². The van der Waals surface area contributed by atoms with Gasteiger partial charge in [0.15, 0.2) is 6.73 Å². The molecule has 0 unspecified atom stereocenters. The number of aromatic nitrogens is 4. The van der Waals surface area contributed by atoms with Gasteiger partial charge in [0.2, 0.25) is 0 Å². The summed E-state index contributed by atoms with van der Waals surface area (Å²) in [5.41, 5.74) is 2.48. The van der Waals surface area contributed by atoms with Crippen molar-refractivity contribution in [1.29, 1.82) is 0 Å². The molecular weight excluding hydrogens is 446 g/mol. The van der Waals surface area contributed by atoms with Crippen LogP contribution in [-0.2, 0) is 13.3 Å². The van der Waals surface area contributed by atoms with E-state index < -0.39 is 0 Å². The Morgan fingerprint density at radius 3 is 2.75 bits per heavy atom. The van der Waals surface area contributed by atoms with Gasteiger partial charge in [-0.1, -0.05) is 23.7 Å². The fraction of sp³-hybridized carbons (Fsp3) is 0.316. The maximum absolute atomic E-state index is 12.5. The summed E-state index contributed by atoms with van der Waals surface area (Å²) in [7, 11) is 0. The van der Waals surface area contributed by atoms with Crippen molar-refractivity contribution >= 4 is 33.4 Å². The van der Waals surface area contributed by atoms with Crippen LogP contribution in [0.4, 0.5) is 0 Å². The molecule has 2 heterocycles. The topological polar surface area (TPSA) is 74.0 Å². The Morgan fingerprint density at radius 2 is 2.04 bits per heavy atom. The standard InChI is InChI=1S/C19H21BrClN5O2/c1-13-18(20)14(2)25(24-13)11-5-9-22-19(27)16-8-10-23-26(16)12-28-17-7-4-3-6-15(17)21/h3-4,6-8,10H,5,9,11-12H2,1-2H3,(H,22,27). The highest BCUT2D eigenvalue weighted by Crippen LogP contribution is 2.23. The quantitative estimate of drug-likeness (QED) is 0.510. The Kier molecular flexibility index (Phi) is 6.74. The molecule has 0 saturated heterocycles. The van der Waals surface area contributed by atoms with Crippen LogP contribution >= 0.6 is 27.5 Å². The number of aryl methyl sites for hydroxylation is 2. The number of nitrogens with one attached hydrogen (secondary N) is 1. The first-order chi connectivity index (χ1) is 13.5. The van der Waals surface area contributed by atoms with E-state index in [-0.39, 0.29) is 12.6 Å². The van der Waals surface area contributed by atoms with Crippen LogP contribution in [0.15, 0.2) is 41.0 Å². The largest absolute Gasteiger partial charge is 0.470 e. The Morgan fingerprint density at radius 1 is 1.25 bits per heavy atom. The number of carbonyl (C=O) groups excluding carboxylic acids is 1. The molecule has 0 radical (unpaired) electrons. The Balaban J connectivity index is 1.50. The van der Waals surface area contributed by atoms with E-state index in [0.29, 0.717) is 23.0 Å². The molecule has 1 amide bonds. The van der Waals surface area contributed by atoms with Crippen molar-refractivity contribution in [2.45, 2.75) is 33.5 Å². The first kappa shape index (κ1) is 20.4. The molecule has 3 aromatic rings. The molecule has 0 atom stereocenters. The second-order valence-electron chi connectivity index (χ2n) is 6.24. The van der Waals surface area contributed by atoms with E-state index in [1.54, 1.807) is 24.4 Å². The molecule has 0 fully saturated rings. The lowest BCUT2D eigenvalue weighted by atomic mass is 10.3. The van der Waals surface area contributed by atoms with Crippen LogP contribution in [0.3, 0.4) is 0 Å². The van der Waals surface area contributed by atoms with Gasteiger partial charge in [-0.3, -0.25) is 9.48 Å². The van der Waals surface area contributed by atoms with Crippen molar-refractivity contribution in [3.63, 3.8) is 0 Å². The SMILES string of the molecule is Cc1nn(CCCNC(=O)c2ccnn2COc2ccccc2Cl)c(C)c1Br. The number of hydrogen-bond donors (Lipinski definition) is 1. The van der Waals surface area contributed by atoms with Crippen molar-refractivity contribution < 1.29 is 9.53 Å². The summed E-state index contributed by atoms with van der Waals surface area (Å²) < 4.78 is 10.1. The Hall–Kier alpha value is -2.32. The summed E-state index contributed by atoms with van der Waals surface area (Å²) in [6.45, 7) is 5.33. The lowest BCUT2D eigenvalue weighted by Crippen LogP contribution is -2.28. The van der Waals surface area contributed by atoms with Crippen LogP contribution in [-0.4, -0.2) is 32.0 Å². The van der Waals surface area contributed by atoms with Crippen LogP contribution in [0, 0.1) is 13.8 Å². The van der Waals surface area contributed by atoms with Gasteiger partial charge in [-0.2, -0.15) is 10.2 Å². The van der Waals surface area contributed by atoms with E-state index in [1.807, 2.05) is 30.7 Å². The maximum Gasteiger partial charge on any atom is 0.269 e. The smallest absolute Gasteiger partial charge is 0.269 e. The number of para-hydroxylation sites is 1. The number of rotatable bonds is 8. The van der Waals surface area contributed by atoms with Crippen molar-refractivity contribution in [3.05, 3.63) is 63.1 Å². The zero-order chi connectivity index (χ0) is 20.1. The van der Waals surface area contributed by atoms with Crippen LogP contribution in [0.2, 0.25) is 5.02 Å². The van der Waals surface area contributed by atoms with Crippen molar-refractivity contribution in [1.82, 2.24) is 24.9 Å². The van der Waals surface area contributed by atoms with Gasteiger partial charge in [0.1, 0.15) is 11.4 Å². The lowest BCUT2D eigenvalue weighted by molar-refractivity contribution is 0.0931. The minimum atomic E-state index is -0.199. The van der Waals surface area contributed by atoms with Crippen LogP contribution in [0.25, 0.3) is 0 Å². The molecule has 0 aliphatic carbocycles. The van der Waals surface area contributed by atoms with E-state index >= 15 is 0 Å². The first-order valence-electron chi connectivity index (χ1n) is 8.84. The van der Waals surface area contributed by atoms with Crippen molar-refractivity contribution in [3.8, 4) is 5.75 Å². The number of carbonyl (C=O) groups is 1. The Bertz CT molecular complexity index is 969. The molecule has 0 saturated carbocycles. The molecule has 0 bridgehead atoms. The molecule has 0 aliphatic heterocycles. The highest BCUT2D eigenvalue weighted by Gasteiger charge is 2.13. The third kappa shape index (κ3) is 4.74. The van der Waals surface area contributed by atoms with Gasteiger partial charge in [-0.05, 0) is 54.4 Å². The number of benzene rings is 1. The minimum Gasteiger partial charge on any atom is -0.470 e. The monoisotopic (exact) mass is 465 g/mol. The summed E-state index contributed by atoms with van der Waals surface area (Å²) in [4.78, 5) is 12.5. The molecule has 28 heavy (non-hydrogen) atoms. The molecule has 0 spiro atoms. The summed E-state index contributed by atoms with van der Waals surface area (Å²) in [5, 5.41) is 12.0. The summed E-state index contributed by atoms with van der Waals surface area (Å²) >= 11 is 9.60. The number of nitrogens with zero attached hydrogens (tertiary/aromatic N) is 4. The van der Waals surface area contributed by atoms with Crippen LogP contribution in [0.5, 0.6) is 5.75 Å². The highest BCUT2D eigenvalue weighted by atomic mass is 79.9. The fourth-order valence-electron chi connectivity index (χ4n) is 2.73. The third-order valence-electron chi connectivity index (χ3n) is 4.25. The summed E-state index contributed by atoms with van der Waals surface area (Å²) in [6, 6.07) is 8.83. The van der Waals surface area contributed by atoms with Gasteiger partial charge < -0.3 is 10.1 Å². The molecule has 7 nitrogen and oxygen atoms in total. The average molecular weight is 467 g/mol. The van der Waals surface area contributed by atoms with E-state index in [4.69, 9.17) is 16.3 Å². The second-order valence-corrected chi connectivity index (χ2v) is 7.44. The van der Waals surface area contributed by atoms with Gasteiger partial charge in [-0.25, -0.2) is 4.68 Å². The second kappa shape index (κ2) is 9.25. The predicted molar refractivity (Wildman–Crippen MR) is 111 cm³/mol. The molecule has 3 rings (SSSR count). The molecule has 1 aromatic carbocycles. The summed E-state index contributed by atoms with van der Waals surface area (Å²) in [6.07, 6.45) is 2.34. The predicted octanol–water partition coefficient (Wildman–Crippen LogP) is 3.97.